The van der Waals surface area contributed by atoms with E-state index in [4.69, 9.17) is 4.74 Å². The monoisotopic (exact) mass is 342 g/mol. The summed E-state index contributed by atoms with van der Waals surface area (Å²) in [7, 11) is 0. The van der Waals surface area contributed by atoms with E-state index < -0.39 is 0 Å². The Hall–Kier alpha value is -1.39. The molecule has 1 saturated heterocycles. The first-order valence-corrected chi connectivity index (χ1v) is 9.92. The topological polar surface area (TPSA) is 41.6 Å². The quantitative estimate of drug-likeness (QED) is 0.864. The van der Waals surface area contributed by atoms with Crippen molar-refractivity contribution >= 4 is 5.91 Å². The third-order valence-electron chi connectivity index (χ3n) is 6.41. The molecule has 3 fully saturated rings. The molecule has 4 rings (SSSR count). The van der Waals surface area contributed by atoms with Gasteiger partial charge in [0.05, 0.1) is 19.3 Å². The van der Waals surface area contributed by atoms with Gasteiger partial charge in [0.15, 0.2) is 0 Å². The number of carbonyl (C=O) groups excluding carboxylic acids is 1. The Balaban J connectivity index is 1.37. The summed E-state index contributed by atoms with van der Waals surface area (Å²) in [5, 5.41) is 3.35. The maximum absolute atomic E-state index is 12.7. The lowest BCUT2D eigenvalue weighted by atomic mass is 9.86. The molecule has 0 aromatic heterocycles. The van der Waals surface area contributed by atoms with Crippen LogP contribution in [0.25, 0.3) is 0 Å². The van der Waals surface area contributed by atoms with Crippen LogP contribution >= 0.6 is 0 Å². The first-order chi connectivity index (χ1) is 12.3. The van der Waals surface area contributed by atoms with Crippen LogP contribution in [0, 0.1) is 17.8 Å². The maximum atomic E-state index is 12.7. The summed E-state index contributed by atoms with van der Waals surface area (Å²) in [6.45, 7) is 4.36. The second-order valence-corrected chi connectivity index (χ2v) is 8.08. The third-order valence-corrected chi connectivity index (χ3v) is 6.41. The number of hydrogen-bond acceptors (Lipinski definition) is 3. The van der Waals surface area contributed by atoms with Crippen LogP contribution in [0.5, 0.6) is 0 Å². The van der Waals surface area contributed by atoms with Crippen molar-refractivity contribution in [3.05, 3.63) is 35.9 Å². The average Bonchev–Trinajstić information content (AvgIpc) is 3.26. The molecule has 4 heteroatoms. The van der Waals surface area contributed by atoms with Gasteiger partial charge < -0.3 is 10.1 Å². The summed E-state index contributed by atoms with van der Waals surface area (Å²) in [5.74, 6) is 2.57. The van der Waals surface area contributed by atoms with E-state index >= 15 is 0 Å². The van der Waals surface area contributed by atoms with Gasteiger partial charge >= 0.3 is 0 Å². The van der Waals surface area contributed by atoms with Gasteiger partial charge in [-0.25, -0.2) is 0 Å². The number of amides is 1. The number of benzene rings is 1. The normalized spacial score (nSPS) is 30.3. The second-order valence-electron chi connectivity index (χ2n) is 8.08. The molecule has 1 heterocycles. The van der Waals surface area contributed by atoms with Gasteiger partial charge in [-0.3, -0.25) is 9.69 Å². The summed E-state index contributed by atoms with van der Waals surface area (Å²) >= 11 is 0. The molecule has 4 unspecified atom stereocenters. The summed E-state index contributed by atoms with van der Waals surface area (Å²) in [6.07, 6.45) is 6.10. The Kier molecular flexibility index (Phi) is 5.37. The van der Waals surface area contributed by atoms with Crippen molar-refractivity contribution in [1.29, 1.82) is 0 Å². The molecular formula is C21H30N2O2. The highest BCUT2D eigenvalue weighted by atomic mass is 16.5. The zero-order valence-electron chi connectivity index (χ0n) is 15.0. The molecule has 136 valence electrons. The van der Waals surface area contributed by atoms with Gasteiger partial charge in [-0.15, -0.1) is 0 Å². The van der Waals surface area contributed by atoms with E-state index in [9.17, 15) is 4.79 Å². The van der Waals surface area contributed by atoms with Gasteiger partial charge in [0, 0.05) is 26.1 Å². The van der Waals surface area contributed by atoms with Crippen molar-refractivity contribution in [2.45, 2.75) is 38.1 Å². The number of carbonyl (C=O) groups is 1. The SMILES string of the molecule is O=C(CC1CC2CCC1C2)NC(CN1CCOCC1)c1ccccc1. The molecule has 1 aliphatic heterocycles. The molecule has 4 nitrogen and oxygen atoms in total. The Labute approximate surface area is 150 Å². The number of morpholine rings is 1. The number of rotatable bonds is 6. The van der Waals surface area contributed by atoms with Gasteiger partial charge in [0.1, 0.15) is 0 Å². The molecule has 0 radical (unpaired) electrons. The molecule has 1 amide bonds. The van der Waals surface area contributed by atoms with Crippen molar-refractivity contribution in [3.8, 4) is 0 Å². The number of ether oxygens (including phenoxy) is 1. The van der Waals surface area contributed by atoms with Crippen molar-refractivity contribution in [3.63, 3.8) is 0 Å². The van der Waals surface area contributed by atoms with E-state index in [2.05, 4.69) is 34.5 Å². The van der Waals surface area contributed by atoms with Gasteiger partial charge in [-0.1, -0.05) is 36.8 Å². The zero-order chi connectivity index (χ0) is 17.1. The fourth-order valence-electron chi connectivity index (χ4n) is 5.08. The predicted molar refractivity (Wildman–Crippen MR) is 98.1 cm³/mol. The fourth-order valence-corrected chi connectivity index (χ4v) is 5.08. The Morgan fingerprint density at radius 2 is 1.96 bits per heavy atom. The Bertz CT molecular complexity index is 571. The minimum Gasteiger partial charge on any atom is -0.379 e. The molecule has 2 saturated carbocycles. The molecular weight excluding hydrogens is 312 g/mol. The first kappa shape index (κ1) is 17.0. The van der Waals surface area contributed by atoms with E-state index in [1.54, 1.807) is 0 Å². The largest absolute Gasteiger partial charge is 0.379 e. The molecule has 1 aromatic rings. The van der Waals surface area contributed by atoms with Crippen LogP contribution in [0.1, 0.15) is 43.7 Å². The number of fused-ring (bicyclic) bond motifs is 2. The van der Waals surface area contributed by atoms with Crippen LogP contribution in [-0.2, 0) is 9.53 Å². The molecule has 25 heavy (non-hydrogen) atoms. The standard InChI is InChI=1S/C21H30N2O2/c24-21(14-19-13-16-6-7-18(19)12-16)22-20(17-4-2-1-3-5-17)15-23-8-10-25-11-9-23/h1-5,16,18-20H,6-15H2,(H,22,24). The smallest absolute Gasteiger partial charge is 0.220 e. The summed E-state index contributed by atoms with van der Waals surface area (Å²) < 4.78 is 5.46. The zero-order valence-corrected chi connectivity index (χ0v) is 15.0. The average molecular weight is 342 g/mol. The van der Waals surface area contributed by atoms with Crippen LogP contribution in [0.3, 0.4) is 0 Å². The van der Waals surface area contributed by atoms with Crippen LogP contribution in [0.15, 0.2) is 30.3 Å². The molecule has 4 atom stereocenters. The van der Waals surface area contributed by atoms with Gasteiger partial charge in [-0.05, 0) is 42.6 Å². The molecule has 1 aromatic carbocycles. The molecule has 2 aliphatic carbocycles. The van der Waals surface area contributed by atoms with Crippen LogP contribution in [0.2, 0.25) is 0 Å². The minimum absolute atomic E-state index is 0.0744. The lowest BCUT2D eigenvalue weighted by molar-refractivity contribution is -0.123. The highest BCUT2D eigenvalue weighted by Gasteiger charge is 2.40. The highest BCUT2D eigenvalue weighted by molar-refractivity contribution is 5.76. The maximum Gasteiger partial charge on any atom is 0.220 e. The van der Waals surface area contributed by atoms with E-state index in [1.807, 2.05) is 6.07 Å². The molecule has 1 N–H and O–H groups in total. The van der Waals surface area contributed by atoms with E-state index in [0.29, 0.717) is 12.3 Å². The summed E-state index contributed by atoms with van der Waals surface area (Å²) in [6, 6.07) is 10.5. The van der Waals surface area contributed by atoms with Crippen LogP contribution < -0.4 is 5.32 Å². The number of hydrogen-bond donors (Lipinski definition) is 1. The Morgan fingerprint density at radius 1 is 1.16 bits per heavy atom. The van der Waals surface area contributed by atoms with Gasteiger partial charge in [-0.2, -0.15) is 0 Å². The van der Waals surface area contributed by atoms with Gasteiger partial charge in [0.2, 0.25) is 5.91 Å². The first-order valence-electron chi connectivity index (χ1n) is 9.92. The fraction of sp³-hybridized carbons (Fsp3) is 0.667. The van der Waals surface area contributed by atoms with Gasteiger partial charge in [0.25, 0.3) is 0 Å². The van der Waals surface area contributed by atoms with Crippen LogP contribution in [0.4, 0.5) is 0 Å². The molecule has 2 bridgehead atoms. The lowest BCUT2D eigenvalue weighted by Gasteiger charge is -2.31. The predicted octanol–water partition coefficient (Wildman–Crippen LogP) is 3.00. The number of nitrogens with zero attached hydrogens (tertiary/aromatic N) is 1. The molecule has 0 spiro atoms. The second kappa shape index (κ2) is 7.88. The Morgan fingerprint density at radius 3 is 2.64 bits per heavy atom. The molecule has 3 aliphatic rings. The lowest BCUT2D eigenvalue weighted by Crippen LogP contribution is -2.43. The number of nitrogens with one attached hydrogen (secondary N) is 1. The van der Waals surface area contributed by atoms with E-state index in [-0.39, 0.29) is 11.9 Å². The highest BCUT2D eigenvalue weighted by Crippen LogP contribution is 2.49. The van der Waals surface area contributed by atoms with Crippen molar-refractivity contribution in [2.75, 3.05) is 32.8 Å². The van der Waals surface area contributed by atoms with Crippen molar-refractivity contribution in [2.24, 2.45) is 17.8 Å². The summed E-state index contributed by atoms with van der Waals surface area (Å²) in [4.78, 5) is 15.1. The van der Waals surface area contributed by atoms with E-state index in [0.717, 1.165) is 44.7 Å². The minimum atomic E-state index is 0.0744. The summed E-state index contributed by atoms with van der Waals surface area (Å²) in [5.41, 5.74) is 1.20. The third kappa shape index (κ3) is 4.24. The van der Waals surface area contributed by atoms with Crippen LogP contribution in [-0.4, -0.2) is 43.7 Å². The van der Waals surface area contributed by atoms with Crippen molar-refractivity contribution in [1.82, 2.24) is 10.2 Å². The van der Waals surface area contributed by atoms with Crippen molar-refractivity contribution < 1.29 is 9.53 Å². The van der Waals surface area contributed by atoms with E-state index in [1.165, 1.54) is 31.2 Å².